The summed E-state index contributed by atoms with van der Waals surface area (Å²) in [7, 11) is 0. The fourth-order valence-electron chi connectivity index (χ4n) is 3.88. The third-order valence-corrected chi connectivity index (χ3v) is 5.02. The fourth-order valence-corrected chi connectivity index (χ4v) is 3.88. The van der Waals surface area contributed by atoms with Crippen LogP contribution in [0, 0.1) is 25.7 Å². The second-order valence-electron chi connectivity index (χ2n) is 6.91. The molecule has 4 rings (SSSR count). The van der Waals surface area contributed by atoms with Crippen LogP contribution in [0.15, 0.2) is 54.6 Å². The van der Waals surface area contributed by atoms with Crippen LogP contribution in [0.25, 0.3) is 21.8 Å². The van der Waals surface area contributed by atoms with Crippen LogP contribution < -0.4 is 0 Å². The van der Waals surface area contributed by atoms with Crippen LogP contribution >= 0.6 is 0 Å². The molecule has 0 bridgehead atoms. The Labute approximate surface area is 159 Å². The zero-order valence-electron chi connectivity index (χ0n) is 15.8. The number of fused-ring (bicyclic) bond motifs is 3. The van der Waals surface area contributed by atoms with Crippen molar-refractivity contribution in [1.29, 1.82) is 0 Å². The summed E-state index contributed by atoms with van der Waals surface area (Å²) in [5.74, 6) is 6.37. The average molecular weight is 351 g/mol. The highest BCUT2D eigenvalue weighted by Crippen LogP contribution is 2.33. The average Bonchev–Trinajstić information content (AvgIpc) is 2.99. The molecule has 0 saturated heterocycles. The zero-order chi connectivity index (χ0) is 19.0. The van der Waals surface area contributed by atoms with E-state index in [-0.39, 0.29) is 0 Å². The number of carbonyl (C=O) groups is 1. The number of aryl methyl sites for hydroxylation is 3. The molecule has 1 heterocycles. The lowest BCUT2D eigenvalue weighted by atomic mass is 10.0. The van der Waals surface area contributed by atoms with Crippen LogP contribution in [-0.2, 0) is 6.54 Å². The van der Waals surface area contributed by atoms with Gasteiger partial charge in [0.25, 0.3) is 0 Å². The summed E-state index contributed by atoms with van der Waals surface area (Å²) >= 11 is 0. The van der Waals surface area contributed by atoms with Gasteiger partial charge in [0.2, 0.25) is 0 Å². The van der Waals surface area contributed by atoms with Crippen molar-refractivity contribution in [3.8, 4) is 11.8 Å². The normalized spacial score (nSPS) is 10.8. The zero-order valence-corrected chi connectivity index (χ0v) is 15.8. The van der Waals surface area contributed by atoms with E-state index < -0.39 is 0 Å². The van der Waals surface area contributed by atoms with Gasteiger partial charge >= 0.3 is 0 Å². The molecule has 0 aliphatic heterocycles. The summed E-state index contributed by atoms with van der Waals surface area (Å²) in [5, 5.41) is 2.32. The lowest BCUT2D eigenvalue weighted by Crippen LogP contribution is -1.96. The van der Waals surface area contributed by atoms with Crippen molar-refractivity contribution in [3.63, 3.8) is 0 Å². The van der Waals surface area contributed by atoms with Crippen LogP contribution in [0.5, 0.6) is 0 Å². The molecule has 0 unspecified atom stereocenters. The maximum absolute atomic E-state index is 11.8. The van der Waals surface area contributed by atoms with E-state index in [1.807, 2.05) is 36.4 Å². The van der Waals surface area contributed by atoms with E-state index in [1.54, 1.807) is 0 Å². The molecule has 0 saturated carbocycles. The molecule has 1 aromatic heterocycles. The summed E-state index contributed by atoms with van der Waals surface area (Å²) in [4.78, 5) is 11.8. The number of aldehydes is 1. The number of nitrogens with zero attached hydrogens (tertiary/aromatic N) is 1. The van der Waals surface area contributed by atoms with Crippen molar-refractivity contribution >= 4 is 28.1 Å². The first-order chi connectivity index (χ1) is 13.1. The minimum absolute atomic E-state index is 0.639. The van der Waals surface area contributed by atoms with Gasteiger partial charge in [-0.15, -0.1) is 0 Å². The minimum atomic E-state index is 0.639. The molecule has 2 heteroatoms. The molecule has 0 aliphatic carbocycles. The molecular weight excluding hydrogens is 330 g/mol. The standard InChI is InChI=1S/C25H21NO/c1-4-26-24-15-20(11-10-19-8-6-5-7-9-19)21(16-27)14-22(24)23-13-17(2)12-18(3)25(23)26/h5-9,12-16H,4H2,1-3H3. The van der Waals surface area contributed by atoms with Gasteiger partial charge < -0.3 is 4.57 Å². The highest BCUT2D eigenvalue weighted by atomic mass is 16.1. The molecule has 4 aromatic rings. The fraction of sp³-hybridized carbons (Fsp3) is 0.160. The number of hydrogen-bond donors (Lipinski definition) is 0. The molecule has 27 heavy (non-hydrogen) atoms. The largest absolute Gasteiger partial charge is 0.341 e. The monoisotopic (exact) mass is 351 g/mol. The SMILES string of the molecule is CCn1c2cc(C#Cc3ccccc3)c(C=O)cc2c2cc(C)cc(C)c21. The van der Waals surface area contributed by atoms with E-state index in [0.29, 0.717) is 5.56 Å². The summed E-state index contributed by atoms with van der Waals surface area (Å²) < 4.78 is 2.32. The van der Waals surface area contributed by atoms with E-state index >= 15 is 0 Å². The van der Waals surface area contributed by atoms with Crippen molar-refractivity contribution in [2.24, 2.45) is 0 Å². The van der Waals surface area contributed by atoms with E-state index in [0.717, 1.165) is 34.9 Å². The van der Waals surface area contributed by atoms with Gasteiger partial charge in [-0.25, -0.2) is 0 Å². The van der Waals surface area contributed by atoms with Gasteiger partial charge in [-0.3, -0.25) is 4.79 Å². The minimum Gasteiger partial charge on any atom is -0.341 e. The van der Waals surface area contributed by atoms with Crippen LogP contribution in [0.3, 0.4) is 0 Å². The Morgan fingerprint density at radius 2 is 1.74 bits per heavy atom. The molecule has 0 aliphatic rings. The van der Waals surface area contributed by atoms with Gasteiger partial charge in [-0.2, -0.15) is 0 Å². The predicted octanol–water partition coefficient (Wildman–Crippen LogP) is 5.64. The maximum atomic E-state index is 11.8. The van der Waals surface area contributed by atoms with Crippen LogP contribution in [0.4, 0.5) is 0 Å². The van der Waals surface area contributed by atoms with Crippen LogP contribution in [-0.4, -0.2) is 10.9 Å². The number of aromatic nitrogens is 1. The van der Waals surface area contributed by atoms with Crippen molar-refractivity contribution in [2.75, 3.05) is 0 Å². The molecule has 132 valence electrons. The maximum Gasteiger partial charge on any atom is 0.151 e. The van der Waals surface area contributed by atoms with Crippen molar-refractivity contribution < 1.29 is 4.79 Å². The molecule has 3 aromatic carbocycles. The topological polar surface area (TPSA) is 22.0 Å². The second-order valence-corrected chi connectivity index (χ2v) is 6.91. The van der Waals surface area contributed by atoms with Gasteiger partial charge in [-0.1, -0.05) is 41.7 Å². The van der Waals surface area contributed by atoms with E-state index in [9.17, 15) is 4.79 Å². The first kappa shape index (κ1) is 17.1. The molecule has 0 fully saturated rings. The summed E-state index contributed by atoms with van der Waals surface area (Å²) in [6.45, 7) is 7.29. The summed E-state index contributed by atoms with van der Waals surface area (Å²) in [6, 6.07) is 18.3. The molecule has 2 nitrogen and oxygen atoms in total. The van der Waals surface area contributed by atoms with Gasteiger partial charge in [0, 0.05) is 34.0 Å². The van der Waals surface area contributed by atoms with E-state index in [2.05, 4.69) is 55.4 Å². The number of carbonyl (C=O) groups excluding carboxylic acids is 1. The Kier molecular flexibility index (Phi) is 4.30. The Balaban J connectivity index is 2.03. The van der Waals surface area contributed by atoms with E-state index in [4.69, 9.17) is 0 Å². The predicted molar refractivity (Wildman–Crippen MR) is 112 cm³/mol. The van der Waals surface area contributed by atoms with Crippen LogP contribution in [0.2, 0.25) is 0 Å². The first-order valence-electron chi connectivity index (χ1n) is 9.22. The highest BCUT2D eigenvalue weighted by molar-refractivity contribution is 6.11. The lowest BCUT2D eigenvalue weighted by Gasteiger charge is -2.07. The molecule has 0 N–H and O–H groups in total. The molecule has 0 spiro atoms. The number of rotatable bonds is 2. The smallest absolute Gasteiger partial charge is 0.151 e. The molecular formula is C25H21NO. The first-order valence-corrected chi connectivity index (χ1v) is 9.22. The second kappa shape index (κ2) is 6.78. The highest BCUT2D eigenvalue weighted by Gasteiger charge is 2.14. The van der Waals surface area contributed by atoms with Crippen LogP contribution in [0.1, 0.15) is 39.5 Å². The lowest BCUT2D eigenvalue weighted by molar-refractivity contribution is 0.112. The van der Waals surface area contributed by atoms with Gasteiger partial charge in [-0.05, 0) is 56.7 Å². The Morgan fingerprint density at radius 3 is 2.44 bits per heavy atom. The number of hydrogen-bond acceptors (Lipinski definition) is 1. The quantitative estimate of drug-likeness (QED) is 0.338. The summed E-state index contributed by atoms with van der Waals surface area (Å²) in [6.07, 6.45) is 0.909. The molecule has 0 radical (unpaired) electrons. The third kappa shape index (κ3) is 2.92. The molecule has 0 amide bonds. The van der Waals surface area contributed by atoms with Crippen molar-refractivity contribution in [3.05, 3.63) is 82.4 Å². The van der Waals surface area contributed by atoms with Gasteiger partial charge in [0.15, 0.2) is 6.29 Å². The van der Waals surface area contributed by atoms with Crippen molar-refractivity contribution in [1.82, 2.24) is 4.57 Å². The van der Waals surface area contributed by atoms with Crippen molar-refractivity contribution in [2.45, 2.75) is 27.3 Å². The Hall–Kier alpha value is -3.31. The van der Waals surface area contributed by atoms with Gasteiger partial charge in [0.05, 0.1) is 11.0 Å². The Morgan fingerprint density at radius 1 is 0.963 bits per heavy atom. The Bertz CT molecular complexity index is 1230. The molecule has 0 atom stereocenters. The summed E-state index contributed by atoms with van der Waals surface area (Å²) in [5.41, 5.74) is 7.21. The third-order valence-electron chi connectivity index (χ3n) is 5.02. The van der Waals surface area contributed by atoms with E-state index in [1.165, 1.54) is 22.0 Å². The van der Waals surface area contributed by atoms with Gasteiger partial charge in [0.1, 0.15) is 0 Å². The number of benzene rings is 3.